The number of methoxy groups -OCH3 is 1. The number of hydrogen-bond acceptors (Lipinski definition) is 2. The van der Waals surface area contributed by atoms with Gasteiger partial charge in [0, 0.05) is 25.1 Å². The quantitative estimate of drug-likeness (QED) is 0.712. The smallest absolute Gasteiger partial charge is 0.248 e. The number of halogens is 2. The largest absolute Gasteiger partial charge is 0.375 e. The molecule has 0 aliphatic carbocycles. The third-order valence-corrected chi connectivity index (χ3v) is 2.71. The minimum atomic E-state index is -0.0511. The lowest BCUT2D eigenvalue weighted by atomic mass is 10.2. The fourth-order valence-corrected chi connectivity index (χ4v) is 1.51. The van der Waals surface area contributed by atoms with Crippen LogP contribution in [-0.2, 0) is 9.53 Å². The molecule has 0 aromatic carbocycles. The van der Waals surface area contributed by atoms with E-state index in [9.17, 15) is 4.79 Å². The first-order valence-corrected chi connectivity index (χ1v) is 4.70. The summed E-state index contributed by atoms with van der Waals surface area (Å²) in [7, 11) is 1.49. The molecule has 3 nitrogen and oxygen atoms in total. The third-order valence-electron chi connectivity index (χ3n) is 1.85. The van der Waals surface area contributed by atoms with Crippen molar-refractivity contribution >= 4 is 29.1 Å². The summed E-state index contributed by atoms with van der Waals surface area (Å²) in [4.78, 5) is 13.0. The second kappa shape index (κ2) is 4.84. The molecular weight excluding hydrogens is 213 g/mol. The van der Waals surface area contributed by atoms with Gasteiger partial charge < -0.3 is 9.64 Å². The fraction of sp³-hybridized carbons (Fsp3) is 0.625. The zero-order chi connectivity index (χ0) is 9.84. The molecule has 0 N–H and O–H groups in total. The summed E-state index contributed by atoms with van der Waals surface area (Å²) in [5, 5.41) is 1.21. The van der Waals surface area contributed by atoms with Crippen molar-refractivity contribution < 1.29 is 9.53 Å². The minimum Gasteiger partial charge on any atom is -0.375 e. The van der Waals surface area contributed by atoms with Crippen LogP contribution in [0.4, 0.5) is 0 Å². The Balaban J connectivity index is 2.53. The molecule has 0 spiro atoms. The maximum atomic E-state index is 11.3. The summed E-state index contributed by atoms with van der Waals surface area (Å²) in [6.07, 6.45) is 0.635. The van der Waals surface area contributed by atoms with E-state index in [1.807, 2.05) is 0 Å². The van der Waals surface area contributed by atoms with Gasteiger partial charge in [-0.1, -0.05) is 23.2 Å². The second-order valence-corrected chi connectivity index (χ2v) is 3.72. The molecule has 0 atom stereocenters. The molecule has 0 saturated heterocycles. The van der Waals surface area contributed by atoms with E-state index in [1.165, 1.54) is 7.11 Å². The Morgan fingerprint density at radius 2 is 2.23 bits per heavy atom. The van der Waals surface area contributed by atoms with Gasteiger partial charge in [-0.25, -0.2) is 0 Å². The fourth-order valence-electron chi connectivity index (χ4n) is 1.13. The maximum Gasteiger partial charge on any atom is 0.248 e. The first-order chi connectivity index (χ1) is 6.15. The first kappa shape index (κ1) is 10.8. The van der Waals surface area contributed by atoms with Gasteiger partial charge in [0.15, 0.2) is 0 Å². The van der Waals surface area contributed by atoms with Crippen LogP contribution in [0.5, 0.6) is 0 Å². The van der Waals surface area contributed by atoms with Gasteiger partial charge in [0.2, 0.25) is 5.91 Å². The molecule has 1 heterocycles. The highest BCUT2D eigenvalue weighted by atomic mass is 35.5. The van der Waals surface area contributed by atoms with Gasteiger partial charge in [-0.3, -0.25) is 4.79 Å². The van der Waals surface area contributed by atoms with Gasteiger partial charge in [0.1, 0.15) is 6.61 Å². The second-order valence-electron chi connectivity index (χ2n) is 2.81. The molecule has 0 saturated carbocycles. The molecule has 1 aliphatic heterocycles. The van der Waals surface area contributed by atoms with E-state index in [-0.39, 0.29) is 12.5 Å². The zero-order valence-corrected chi connectivity index (χ0v) is 8.86. The Hall–Kier alpha value is -0.250. The highest BCUT2D eigenvalue weighted by Crippen LogP contribution is 2.23. The van der Waals surface area contributed by atoms with Crippen molar-refractivity contribution in [3.05, 3.63) is 10.1 Å². The number of carbonyl (C=O) groups excluding carboxylic acids is 1. The average molecular weight is 224 g/mol. The van der Waals surface area contributed by atoms with Crippen molar-refractivity contribution in [3.63, 3.8) is 0 Å². The molecule has 0 bridgehead atoms. The summed E-state index contributed by atoms with van der Waals surface area (Å²) in [5.41, 5.74) is 0. The van der Waals surface area contributed by atoms with E-state index in [2.05, 4.69) is 0 Å². The molecule has 1 amide bonds. The Labute approximate surface area is 87.2 Å². The molecule has 0 aromatic heterocycles. The monoisotopic (exact) mass is 223 g/mol. The van der Waals surface area contributed by atoms with Gasteiger partial charge >= 0.3 is 0 Å². The molecule has 1 rings (SSSR count). The van der Waals surface area contributed by atoms with Gasteiger partial charge in [0.25, 0.3) is 0 Å². The Kier molecular flexibility index (Phi) is 4.03. The number of ether oxygens (including phenoxy) is 1. The van der Waals surface area contributed by atoms with Crippen LogP contribution in [0, 0.1) is 0 Å². The van der Waals surface area contributed by atoms with E-state index in [0.717, 1.165) is 0 Å². The van der Waals surface area contributed by atoms with Crippen LogP contribution in [0.15, 0.2) is 10.1 Å². The number of nitrogens with zero attached hydrogens (tertiary/aromatic N) is 1. The van der Waals surface area contributed by atoms with E-state index in [4.69, 9.17) is 27.9 Å². The molecule has 1 aliphatic rings. The first-order valence-electron chi connectivity index (χ1n) is 3.95. The number of hydrogen-bond donors (Lipinski definition) is 0. The summed E-state index contributed by atoms with van der Waals surface area (Å²) >= 11 is 11.6. The van der Waals surface area contributed by atoms with Crippen molar-refractivity contribution in [1.82, 2.24) is 4.90 Å². The van der Waals surface area contributed by atoms with Gasteiger partial charge in [-0.15, -0.1) is 0 Å². The van der Waals surface area contributed by atoms with Crippen LogP contribution in [0.25, 0.3) is 0 Å². The van der Waals surface area contributed by atoms with Crippen molar-refractivity contribution in [2.75, 3.05) is 26.8 Å². The van der Waals surface area contributed by atoms with Crippen LogP contribution in [-0.4, -0.2) is 37.6 Å². The van der Waals surface area contributed by atoms with E-state index >= 15 is 0 Å². The van der Waals surface area contributed by atoms with Crippen LogP contribution in [0.1, 0.15) is 6.42 Å². The average Bonchev–Trinajstić information content (AvgIpc) is 2.10. The van der Waals surface area contributed by atoms with Crippen LogP contribution < -0.4 is 0 Å². The summed E-state index contributed by atoms with van der Waals surface area (Å²) < 4.78 is 4.74. The van der Waals surface area contributed by atoms with Gasteiger partial charge in [0.05, 0.1) is 11.6 Å². The number of carbonyl (C=O) groups is 1. The van der Waals surface area contributed by atoms with Crippen molar-refractivity contribution in [1.29, 1.82) is 0 Å². The highest BCUT2D eigenvalue weighted by molar-refractivity contribution is 6.39. The zero-order valence-electron chi connectivity index (χ0n) is 7.35. The minimum absolute atomic E-state index is 0.0511. The molecule has 0 radical (unpaired) electrons. The Morgan fingerprint density at radius 3 is 2.77 bits per heavy atom. The van der Waals surface area contributed by atoms with Crippen molar-refractivity contribution in [2.45, 2.75) is 6.42 Å². The summed E-state index contributed by atoms with van der Waals surface area (Å²) in [6, 6.07) is 0. The molecule has 0 aromatic rings. The van der Waals surface area contributed by atoms with E-state index in [0.29, 0.717) is 29.6 Å². The third kappa shape index (κ3) is 2.86. The van der Waals surface area contributed by atoms with Gasteiger partial charge in [-0.05, 0) is 0 Å². The predicted octanol–water partition coefficient (Wildman–Crippen LogP) is 1.55. The van der Waals surface area contributed by atoms with Crippen molar-refractivity contribution in [3.8, 4) is 0 Å². The van der Waals surface area contributed by atoms with Gasteiger partial charge in [-0.2, -0.15) is 0 Å². The standard InChI is InChI=1S/C8H11Cl2NO2/c1-13-5-8(12)11-3-2-6(9)7(10)4-11/h2-5H2,1H3. The molecule has 5 heteroatoms. The van der Waals surface area contributed by atoms with Crippen LogP contribution in [0.3, 0.4) is 0 Å². The Morgan fingerprint density at radius 1 is 1.54 bits per heavy atom. The summed E-state index contributed by atoms with van der Waals surface area (Å²) in [6.45, 7) is 1.13. The molecule has 0 unspecified atom stereocenters. The molecule has 0 fully saturated rings. The molecule has 13 heavy (non-hydrogen) atoms. The maximum absolute atomic E-state index is 11.3. The van der Waals surface area contributed by atoms with Crippen LogP contribution in [0.2, 0.25) is 0 Å². The normalized spacial score (nSPS) is 17.9. The van der Waals surface area contributed by atoms with E-state index < -0.39 is 0 Å². The molecule has 74 valence electrons. The number of rotatable bonds is 2. The molecular formula is C8H11Cl2NO2. The number of amides is 1. The lowest BCUT2D eigenvalue weighted by Crippen LogP contribution is -2.37. The summed E-state index contributed by atoms with van der Waals surface area (Å²) in [5.74, 6) is -0.0511. The SMILES string of the molecule is COCC(=O)N1CCC(Cl)=C(Cl)C1. The lowest BCUT2D eigenvalue weighted by Gasteiger charge is -2.26. The predicted molar refractivity (Wildman–Crippen MR) is 51.8 cm³/mol. The Bertz CT molecular complexity index is 240. The van der Waals surface area contributed by atoms with E-state index in [1.54, 1.807) is 4.90 Å². The van der Waals surface area contributed by atoms with Crippen LogP contribution >= 0.6 is 23.2 Å². The van der Waals surface area contributed by atoms with Crippen molar-refractivity contribution in [2.24, 2.45) is 0 Å². The highest BCUT2D eigenvalue weighted by Gasteiger charge is 2.20. The topological polar surface area (TPSA) is 29.5 Å². The lowest BCUT2D eigenvalue weighted by molar-refractivity contribution is -0.134.